The molecule has 21 heavy (non-hydrogen) atoms. The first-order chi connectivity index (χ1) is 10.3. The highest BCUT2D eigenvalue weighted by Crippen LogP contribution is 2.14. The van der Waals surface area contributed by atoms with Crippen molar-refractivity contribution in [3.05, 3.63) is 36.4 Å². The fraction of sp³-hybridized carbons (Fsp3) is 0.579. The van der Waals surface area contributed by atoms with Crippen LogP contribution in [0, 0.1) is 0 Å². The number of benzene rings is 1. The largest absolute Gasteiger partial charge is 0.494 e. The Hall–Kier alpha value is -1.28. The molecule has 0 heterocycles. The summed E-state index contributed by atoms with van der Waals surface area (Å²) in [5.74, 6) is 0.945. The molecule has 0 unspecified atom stereocenters. The molecule has 0 saturated heterocycles. The van der Waals surface area contributed by atoms with Gasteiger partial charge in [0.25, 0.3) is 0 Å². The van der Waals surface area contributed by atoms with Crippen molar-refractivity contribution in [1.82, 2.24) is 4.90 Å². The highest BCUT2D eigenvalue weighted by Gasteiger charge is 2.04. The normalized spacial score (nSPS) is 10.8. The molecule has 0 saturated carbocycles. The molecule has 0 spiro atoms. The zero-order chi connectivity index (χ0) is 15.3. The summed E-state index contributed by atoms with van der Waals surface area (Å²) in [7, 11) is 0. The molecular formula is C19H31NO. The fourth-order valence-electron chi connectivity index (χ4n) is 2.31. The van der Waals surface area contributed by atoms with Gasteiger partial charge in [-0.05, 0) is 50.0 Å². The minimum atomic E-state index is 0.787. The Morgan fingerprint density at radius 3 is 2.33 bits per heavy atom. The third-order valence-electron chi connectivity index (χ3n) is 3.64. The number of nitrogens with zero attached hydrogens (tertiary/aromatic N) is 1. The molecule has 0 aliphatic heterocycles. The predicted octanol–water partition coefficient (Wildman–Crippen LogP) is 5.00. The minimum absolute atomic E-state index is 0.787. The summed E-state index contributed by atoms with van der Waals surface area (Å²) in [4.78, 5) is 2.58. The van der Waals surface area contributed by atoms with E-state index >= 15 is 0 Å². The number of unbranched alkanes of at least 4 members (excludes halogenated alkanes) is 2. The van der Waals surface area contributed by atoms with E-state index < -0.39 is 0 Å². The summed E-state index contributed by atoms with van der Waals surface area (Å²) >= 11 is 0. The fourth-order valence-corrected chi connectivity index (χ4v) is 2.31. The van der Waals surface area contributed by atoms with Crippen LogP contribution in [0.4, 0.5) is 0 Å². The van der Waals surface area contributed by atoms with Gasteiger partial charge < -0.3 is 9.64 Å². The van der Waals surface area contributed by atoms with Gasteiger partial charge in [0, 0.05) is 6.54 Å². The zero-order valence-corrected chi connectivity index (χ0v) is 13.8. The molecule has 1 aromatic carbocycles. The molecule has 0 amide bonds. The first kappa shape index (κ1) is 17.8. The number of rotatable bonds is 12. The summed E-state index contributed by atoms with van der Waals surface area (Å²) in [5, 5.41) is 0. The van der Waals surface area contributed by atoms with Gasteiger partial charge in [-0.1, -0.05) is 51.5 Å². The lowest BCUT2D eigenvalue weighted by Gasteiger charge is -2.21. The smallest absolute Gasteiger partial charge is 0.119 e. The van der Waals surface area contributed by atoms with E-state index in [2.05, 4.69) is 25.3 Å². The van der Waals surface area contributed by atoms with Crippen LogP contribution < -0.4 is 4.74 Å². The molecule has 0 aromatic heterocycles. The Morgan fingerprint density at radius 2 is 1.71 bits per heavy atom. The van der Waals surface area contributed by atoms with Gasteiger partial charge in [0.15, 0.2) is 0 Å². The number of ether oxygens (including phenoxy) is 1. The maximum absolute atomic E-state index is 5.83. The standard InChI is InChI=1S/C19H31NO/c1-4-7-13-20(14-8-5-2)15-10-16-21-19-12-9-11-18(6-3)17-19/h6,9,11-12,17H,3-5,7-8,10,13-16H2,1-2H3. The Morgan fingerprint density at radius 1 is 1.05 bits per heavy atom. The SMILES string of the molecule is C=Cc1cccc(OCCCN(CCCC)CCCC)c1. The van der Waals surface area contributed by atoms with Gasteiger partial charge in [-0.2, -0.15) is 0 Å². The minimum Gasteiger partial charge on any atom is -0.494 e. The lowest BCUT2D eigenvalue weighted by molar-refractivity contribution is 0.229. The maximum Gasteiger partial charge on any atom is 0.119 e. The van der Waals surface area contributed by atoms with Gasteiger partial charge in [-0.15, -0.1) is 0 Å². The van der Waals surface area contributed by atoms with Gasteiger partial charge in [0.1, 0.15) is 5.75 Å². The first-order valence-electron chi connectivity index (χ1n) is 8.37. The Labute approximate surface area is 130 Å². The van der Waals surface area contributed by atoms with Crippen molar-refractivity contribution in [2.45, 2.75) is 46.0 Å². The molecule has 2 nitrogen and oxygen atoms in total. The Bertz CT molecular complexity index is 381. The summed E-state index contributed by atoms with van der Waals surface area (Å²) < 4.78 is 5.83. The van der Waals surface area contributed by atoms with E-state index in [4.69, 9.17) is 4.74 Å². The summed E-state index contributed by atoms with van der Waals surface area (Å²) in [5.41, 5.74) is 1.11. The molecule has 0 N–H and O–H groups in total. The van der Waals surface area contributed by atoms with Crippen molar-refractivity contribution >= 4 is 6.08 Å². The Kier molecular flexibility index (Phi) is 9.64. The molecule has 118 valence electrons. The molecule has 0 aliphatic rings. The van der Waals surface area contributed by atoms with E-state index in [1.54, 1.807) is 0 Å². The van der Waals surface area contributed by atoms with E-state index in [0.717, 1.165) is 30.9 Å². The highest BCUT2D eigenvalue weighted by molar-refractivity contribution is 5.49. The molecular weight excluding hydrogens is 258 g/mol. The van der Waals surface area contributed by atoms with Gasteiger partial charge in [-0.3, -0.25) is 0 Å². The van der Waals surface area contributed by atoms with Crippen LogP contribution in [0.5, 0.6) is 5.75 Å². The first-order valence-corrected chi connectivity index (χ1v) is 8.37. The van der Waals surface area contributed by atoms with E-state index in [-0.39, 0.29) is 0 Å². The molecule has 1 aromatic rings. The second-order valence-electron chi connectivity index (χ2n) is 5.53. The number of hydrogen-bond acceptors (Lipinski definition) is 2. The van der Waals surface area contributed by atoms with E-state index in [1.807, 2.05) is 30.3 Å². The van der Waals surface area contributed by atoms with E-state index in [1.165, 1.54) is 38.8 Å². The van der Waals surface area contributed by atoms with Crippen LogP contribution in [0.15, 0.2) is 30.8 Å². The van der Waals surface area contributed by atoms with Crippen molar-refractivity contribution in [2.24, 2.45) is 0 Å². The molecule has 0 fully saturated rings. The predicted molar refractivity (Wildman–Crippen MR) is 92.9 cm³/mol. The average Bonchev–Trinajstić information content (AvgIpc) is 2.53. The zero-order valence-electron chi connectivity index (χ0n) is 13.8. The van der Waals surface area contributed by atoms with Crippen LogP contribution in [0.2, 0.25) is 0 Å². The van der Waals surface area contributed by atoms with Crippen molar-refractivity contribution in [3.8, 4) is 5.75 Å². The third-order valence-corrected chi connectivity index (χ3v) is 3.64. The molecule has 2 heteroatoms. The monoisotopic (exact) mass is 289 g/mol. The summed E-state index contributed by atoms with van der Waals surface area (Å²) in [6.45, 7) is 12.7. The second kappa shape index (κ2) is 11.4. The molecule has 0 aliphatic carbocycles. The van der Waals surface area contributed by atoms with E-state index in [0.29, 0.717) is 0 Å². The van der Waals surface area contributed by atoms with Gasteiger partial charge in [-0.25, -0.2) is 0 Å². The van der Waals surface area contributed by atoms with Crippen LogP contribution in [0.25, 0.3) is 6.08 Å². The Balaban J connectivity index is 2.27. The van der Waals surface area contributed by atoms with Crippen LogP contribution in [0.3, 0.4) is 0 Å². The molecule has 1 rings (SSSR count). The van der Waals surface area contributed by atoms with Crippen molar-refractivity contribution in [3.63, 3.8) is 0 Å². The molecule has 0 bridgehead atoms. The lowest BCUT2D eigenvalue weighted by Crippen LogP contribution is -2.28. The number of hydrogen-bond donors (Lipinski definition) is 0. The van der Waals surface area contributed by atoms with Crippen LogP contribution in [-0.4, -0.2) is 31.1 Å². The third kappa shape index (κ3) is 7.91. The van der Waals surface area contributed by atoms with Crippen LogP contribution in [0.1, 0.15) is 51.5 Å². The maximum atomic E-state index is 5.83. The highest BCUT2D eigenvalue weighted by atomic mass is 16.5. The molecule has 0 atom stereocenters. The van der Waals surface area contributed by atoms with Crippen LogP contribution >= 0.6 is 0 Å². The molecule has 0 radical (unpaired) electrons. The van der Waals surface area contributed by atoms with Crippen molar-refractivity contribution in [2.75, 3.05) is 26.2 Å². The average molecular weight is 289 g/mol. The van der Waals surface area contributed by atoms with Crippen LogP contribution in [-0.2, 0) is 0 Å². The van der Waals surface area contributed by atoms with E-state index in [9.17, 15) is 0 Å². The van der Waals surface area contributed by atoms with Crippen molar-refractivity contribution in [1.29, 1.82) is 0 Å². The van der Waals surface area contributed by atoms with Crippen molar-refractivity contribution < 1.29 is 4.74 Å². The summed E-state index contributed by atoms with van der Waals surface area (Å²) in [6.07, 6.45) is 8.08. The quantitative estimate of drug-likeness (QED) is 0.502. The summed E-state index contributed by atoms with van der Waals surface area (Å²) in [6, 6.07) is 8.11. The second-order valence-corrected chi connectivity index (χ2v) is 5.53. The lowest BCUT2D eigenvalue weighted by atomic mass is 10.2. The van der Waals surface area contributed by atoms with Gasteiger partial charge in [0.2, 0.25) is 0 Å². The van der Waals surface area contributed by atoms with Gasteiger partial charge in [0.05, 0.1) is 6.61 Å². The topological polar surface area (TPSA) is 12.5 Å². The van der Waals surface area contributed by atoms with Gasteiger partial charge >= 0.3 is 0 Å².